The monoisotopic (exact) mass is 200 g/mol. The SMILES string of the molecule is C=C/C=C(\C=C/C)c1ccccc1.CC. The molecule has 15 heavy (non-hydrogen) atoms. The summed E-state index contributed by atoms with van der Waals surface area (Å²) in [7, 11) is 0. The predicted octanol–water partition coefficient (Wildman–Crippen LogP) is 4.86. The van der Waals surface area contributed by atoms with Gasteiger partial charge in [0.15, 0.2) is 0 Å². The van der Waals surface area contributed by atoms with Gasteiger partial charge in [-0.15, -0.1) is 0 Å². The summed E-state index contributed by atoms with van der Waals surface area (Å²) in [5, 5.41) is 0. The van der Waals surface area contributed by atoms with Crippen molar-refractivity contribution in [2.24, 2.45) is 0 Å². The maximum Gasteiger partial charge on any atom is -0.0184 e. The van der Waals surface area contributed by atoms with Gasteiger partial charge in [0.2, 0.25) is 0 Å². The van der Waals surface area contributed by atoms with E-state index in [0.29, 0.717) is 0 Å². The summed E-state index contributed by atoms with van der Waals surface area (Å²) in [6.07, 6.45) is 7.93. The lowest BCUT2D eigenvalue weighted by atomic mass is 10.1. The van der Waals surface area contributed by atoms with E-state index < -0.39 is 0 Å². The first-order valence-corrected chi connectivity index (χ1v) is 5.39. The Balaban J connectivity index is 0.000000921. The summed E-state index contributed by atoms with van der Waals surface area (Å²) < 4.78 is 0. The lowest BCUT2D eigenvalue weighted by molar-refractivity contribution is 1.50. The van der Waals surface area contributed by atoms with Gasteiger partial charge in [-0.1, -0.05) is 75.1 Å². The summed E-state index contributed by atoms with van der Waals surface area (Å²) in [4.78, 5) is 0. The smallest absolute Gasteiger partial charge is 0.0184 e. The Morgan fingerprint density at radius 2 is 1.73 bits per heavy atom. The first kappa shape index (κ1) is 13.4. The highest BCUT2D eigenvalue weighted by atomic mass is 14.0. The van der Waals surface area contributed by atoms with E-state index in [1.54, 1.807) is 0 Å². The highest BCUT2D eigenvalue weighted by Gasteiger charge is 1.93. The lowest BCUT2D eigenvalue weighted by Gasteiger charge is -1.99. The second-order valence-electron chi connectivity index (χ2n) is 2.72. The molecular formula is C15H20. The Morgan fingerprint density at radius 1 is 1.13 bits per heavy atom. The molecule has 0 aliphatic rings. The van der Waals surface area contributed by atoms with E-state index in [2.05, 4.69) is 24.8 Å². The van der Waals surface area contributed by atoms with Gasteiger partial charge >= 0.3 is 0 Å². The van der Waals surface area contributed by atoms with Crippen molar-refractivity contribution in [1.82, 2.24) is 0 Å². The summed E-state index contributed by atoms with van der Waals surface area (Å²) in [5.41, 5.74) is 2.42. The van der Waals surface area contributed by atoms with Crippen LogP contribution in [0.1, 0.15) is 26.3 Å². The van der Waals surface area contributed by atoms with Gasteiger partial charge in [0.25, 0.3) is 0 Å². The first-order valence-electron chi connectivity index (χ1n) is 5.39. The van der Waals surface area contributed by atoms with Gasteiger partial charge in [0, 0.05) is 0 Å². The van der Waals surface area contributed by atoms with Gasteiger partial charge < -0.3 is 0 Å². The Bertz CT molecular complexity index is 315. The number of benzene rings is 1. The second kappa shape index (κ2) is 9.01. The molecule has 0 heterocycles. The molecule has 0 amide bonds. The molecule has 0 aliphatic heterocycles. The van der Waals surface area contributed by atoms with Crippen molar-refractivity contribution in [2.75, 3.05) is 0 Å². The van der Waals surface area contributed by atoms with Crippen LogP contribution < -0.4 is 0 Å². The Kier molecular flexibility index (Phi) is 8.08. The molecular weight excluding hydrogens is 180 g/mol. The number of hydrogen-bond donors (Lipinski definition) is 0. The molecule has 80 valence electrons. The maximum atomic E-state index is 3.70. The molecule has 0 saturated carbocycles. The summed E-state index contributed by atoms with van der Waals surface area (Å²) >= 11 is 0. The van der Waals surface area contributed by atoms with Gasteiger partial charge in [-0.3, -0.25) is 0 Å². The van der Waals surface area contributed by atoms with Crippen LogP contribution in [0.25, 0.3) is 5.57 Å². The number of allylic oxidation sites excluding steroid dienone is 5. The van der Waals surface area contributed by atoms with Crippen LogP contribution in [0.3, 0.4) is 0 Å². The third-order valence-corrected chi connectivity index (χ3v) is 1.75. The average molecular weight is 200 g/mol. The molecule has 1 rings (SSSR count). The van der Waals surface area contributed by atoms with Gasteiger partial charge in [-0.25, -0.2) is 0 Å². The molecule has 0 spiro atoms. The second-order valence-corrected chi connectivity index (χ2v) is 2.72. The first-order chi connectivity index (χ1) is 7.38. The van der Waals surface area contributed by atoms with Crippen molar-refractivity contribution in [2.45, 2.75) is 20.8 Å². The lowest BCUT2D eigenvalue weighted by Crippen LogP contribution is -1.78. The summed E-state index contributed by atoms with van der Waals surface area (Å²) in [6.45, 7) is 9.71. The fraction of sp³-hybridized carbons (Fsp3) is 0.200. The van der Waals surface area contributed by atoms with Crippen LogP contribution in [0.15, 0.2) is 61.2 Å². The minimum Gasteiger partial charge on any atom is -0.0990 e. The molecule has 0 nitrogen and oxygen atoms in total. The van der Waals surface area contributed by atoms with Crippen LogP contribution in [0.4, 0.5) is 0 Å². The zero-order chi connectivity index (χ0) is 11.5. The largest absolute Gasteiger partial charge is 0.0990 e. The van der Waals surface area contributed by atoms with E-state index in [-0.39, 0.29) is 0 Å². The minimum absolute atomic E-state index is 1.19. The fourth-order valence-electron chi connectivity index (χ4n) is 1.19. The number of rotatable bonds is 3. The highest BCUT2D eigenvalue weighted by molar-refractivity contribution is 5.74. The van der Waals surface area contributed by atoms with E-state index in [0.717, 1.165) is 0 Å². The minimum atomic E-state index is 1.19. The third-order valence-electron chi connectivity index (χ3n) is 1.75. The van der Waals surface area contributed by atoms with Crippen molar-refractivity contribution in [3.63, 3.8) is 0 Å². The fourth-order valence-corrected chi connectivity index (χ4v) is 1.19. The van der Waals surface area contributed by atoms with E-state index in [1.807, 2.05) is 57.2 Å². The highest BCUT2D eigenvalue weighted by Crippen LogP contribution is 2.15. The van der Waals surface area contributed by atoms with Crippen molar-refractivity contribution in [3.8, 4) is 0 Å². The van der Waals surface area contributed by atoms with Crippen molar-refractivity contribution in [3.05, 3.63) is 66.8 Å². The normalized spacial score (nSPS) is 10.7. The molecule has 1 aromatic rings. The van der Waals surface area contributed by atoms with Crippen LogP contribution >= 0.6 is 0 Å². The Hall–Kier alpha value is -1.56. The molecule has 0 aliphatic carbocycles. The molecule has 0 N–H and O–H groups in total. The van der Waals surface area contributed by atoms with Gasteiger partial charge in [0.05, 0.1) is 0 Å². The Morgan fingerprint density at radius 3 is 2.20 bits per heavy atom. The third kappa shape index (κ3) is 5.02. The van der Waals surface area contributed by atoms with E-state index >= 15 is 0 Å². The molecule has 0 heteroatoms. The summed E-state index contributed by atoms with van der Waals surface area (Å²) in [6, 6.07) is 10.3. The molecule has 0 unspecified atom stereocenters. The van der Waals surface area contributed by atoms with E-state index in [9.17, 15) is 0 Å². The predicted molar refractivity (Wildman–Crippen MR) is 70.8 cm³/mol. The molecule has 0 bridgehead atoms. The Labute approximate surface area is 93.7 Å². The summed E-state index contributed by atoms with van der Waals surface area (Å²) in [5.74, 6) is 0. The molecule has 0 atom stereocenters. The van der Waals surface area contributed by atoms with Crippen LogP contribution in [0, 0.1) is 0 Å². The van der Waals surface area contributed by atoms with E-state index in [4.69, 9.17) is 0 Å². The molecule has 0 radical (unpaired) electrons. The van der Waals surface area contributed by atoms with Gasteiger partial charge in [0.1, 0.15) is 0 Å². The van der Waals surface area contributed by atoms with Crippen molar-refractivity contribution < 1.29 is 0 Å². The van der Waals surface area contributed by atoms with E-state index in [1.165, 1.54) is 11.1 Å². The zero-order valence-electron chi connectivity index (χ0n) is 9.90. The van der Waals surface area contributed by atoms with Gasteiger partial charge in [-0.05, 0) is 18.1 Å². The topological polar surface area (TPSA) is 0 Å². The molecule has 1 aromatic carbocycles. The molecule has 0 saturated heterocycles. The van der Waals surface area contributed by atoms with Crippen LogP contribution in [0.2, 0.25) is 0 Å². The maximum absolute atomic E-state index is 3.70. The van der Waals surface area contributed by atoms with Crippen LogP contribution in [-0.4, -0.2) is 0 Å². The average Bonchev–Trinajstić information content (AvgIpc) is 2.33. The quantitative estimate of drug-likeness (QED) is 0.611. The standard InChI is InChI=1S/C13H14.C2H6/c1-3-8-12(9-4-2)13-10-6-5-7-11-13;1-2/h3-11H,1H2,2H3;1-2H3/b9-4-,12-8+;. The van der Waals surface area contributed by atoms with Crippen LogP contribution in [-0.2, 0) is 0 Å². The molecule has 0 aromatic heterocycles. The zero-order valence-corrected chi connectivity index (χ0v) is 9.90. The molecule has 0 fully saturated rings. The van der Waals surface area contributed by atoms with Gasteiger partial charge in [-0.2, -0.15) is 0 Å². The number of hydrogen-bond acceptors (Lipinski definition) is 0. The van der Waals surface area contributed by atoms with Crippen molar-refractivity contribution >= 4 is 5.57 Å². The van der Waals surface area contributed by atoms with Crippen molar-refractivity contribution in [1.29, 1.82) is 0 Å². The van der Waals surface area contributed by atoms with Crippen LogP contribution in [0.5, 0.6) is 0 Å².